The Morgan fingerprint density at radius 3 is 2.28 bits per heavy atom. The average molecular weight is 442 g/mol. The van der Waals surface area contributed by atoms with E-state index in [4.69, 9.17) is 0 Å². The molecule has 0 fully saturated rings. The molecule has 3 aromatic carbocycles. The molecule has 0 unspecified atom stereocenters. The Labute approximate surface area is 191 Å². The zero-order chi connectivity index (χ0) is 22.3. The number of rotatable bonds is 7. The van der Waals surface area contributed by atoms with Gasteiger partial charge >= 0.3 is 0 Å². The number of carbonyl (C=O) groups excluding carboxylic acids is 1. The van der Waals surface area contributed by atoms with Crippen molar-refractivity contribution in [1.29, 1.82) is 0 Å². The van der Waals surface area contributed by atoms with Gasteiger partial charge in [0.05, 0.1) is 11.5 Å². The molecule has 1 N–H and O–H groups in total. The third kappa shape index (κ3) is 5.12. The van der Waals surface area contributed by atoms with Gasteiger partial charge in [-0.2, -0.15) is 5.10 Å². The first-order valence-corrected chi connectivity index (χ1v) is 11.2. The van der Waals surface area contributed by atoms with Crippen molar-refractivity contribution in [2.75, 3.05) is 5.75 Å². The lowest BCUT2D eigenvalue weighted by molar-refractivity contribution is -0.118. The highest BCUT2D eigenvalue weighted by Gasteiger charge is 2.17. The summed E-state index contributed by atoms with van der Waals surface area (Å²) in [6.07, 6.45) is 0. The topological polar surface area (TPSA) is 72.2 Å². The largest absolute Gasteiger partial charge is 0.272 e. The number of hydrazone groups is 1. The van der Waals surface area contributed by atoms with Crippen LogP contribution in [0.15, 0.2) is 95.2 Å². The molecule has 0 aliphatic rings. The first kappa shape index (κ1) is 21.5. The van der Waals surface area contributed by atoms with Gasteiger partial charge in [-0.15, -0.1) is 10.2 Å². The van der Waals surface area contributed by atoms with Crippen molar-refractivity contribution in [2.45, 2.75) is 19.0 Å². The highest BCUT2D eigenvalue weighted by atomic mass is 32.2. The lowest BCUT2D eigenvalue weighted by atomic mass is 10.1. The predicted octanol–water partition coefficient (Wildman–Crippen LogP) is 4.88. The molecule has 7 heteroatoms. The lowest BCUT2D eigenvalue weighted by Gasteiger charge is -2.10. The van der Waals surface area contributed by atoms with Crippen LogP contribution in [0.4, 0.5) is 0 Å². The van der Waals surface area contributed by atoms with E-state index in [9.17, 15) is 4.79 Å². The van der Waals surface area contributed by atoms with E-state index in [1.807, 2.05) is 103 Å². The number of nitrogens with zero attached hydrogens (tertiary/aromatic N) is 4. The Morgan fingerprint density at radius 1 is 0.938 bits per heavy atom. The standard InChI is InChI=1S/C25H23N5OS/c1-18-13-15-22(16-14-18)30-24(21-11-7-4-8-12-21)28-29-25(30)32-17-23(31)27-26-19(2)20-9-5-3-6-10-20/h3-16H,17H2,1-2H3,(H,27,31)/b26-19-. The third-order valence-corrected chi connectivity index (χ3v) is 5.76. The predicted molar refractivity (Wildman–Crippen MR) is 129 cm³/mol. The van der Waals surface area contributed by atoms with Crippen LogP contribution in [0, 0.1) is 6.92 Å². The summed E-state index contributed by atoms with van der Waals surface area (Å²) in [5.41, 5.74) is 7.41. The summed E-state index contributed by atoms with van der Waals surface area (Å²) in [4.78, 5) is 12.4. The van der Waals surface area contributed by atoms with Gasteiger partial charge in [0, 0.05) is 11.3 Å². The van der Waals surface area contributed by atoms with Crippen LogP contribution in [0.3, 0.4) is 0 Å². The van der Waals surface area contributed by atoms with Crippen LogP contribution in [-0.4, -0.2) is 32.1 Å². The van der Waals surface area contributed by atoms with Crippen LogP contribution in [-0.2, 0) is 4.79 Å². The highest BCUT2D eigenvalue weighted by molar-refractivity contribution is 7.99. The van der Waals surface area contributed by atoms with E-state index in [2.05, 4.69) is 20.7 Å². The number of aryl methyl sites for hydroxylation is 1. The zero-order valence-electron chi connectivity index (χ0n) is 17.9. The van der Waals surface area contributed by atoms with Crippen LogP contribution in [0.25, 0.3) is 17.1 Å². The number of carbonyl (C=O) groups is 1. The van der Waals surface area contributed by atoms with E-state index in [-0.39, 0.29) is 11.7 Å². The monoisotopic (exact) mass is 441 g/mol. The molecular formula is C25H23N5OS. The van der Waals surface area contributed by atoms with E-state index >= 15 is 0 Å². The lowest BCUT2D eigenvalue weighted by Crippen LogP contribution is -2.21. The molecule has 160 valence electrons. The fraction of sp³-hybridized carbons (Fsp3) is 0.120. The van der Waals surface area contributed by atoms with Gasteiger partial charge in [-0.1, -0.05) is 90.1 Å². The summed E-state index contributed by atoms with van der Waals surface area (Å²) in [6.45, 7) is 3.91. The maximum atomic E-state index is 12.4. The molecule has 1 amide bonds. The van der Waals surface area contributed by atoms with Crippen LogP contribution in [0.2, 0.25) is 0 Å². The van der Waals surface area contributed by atoms with Crippen molar-refractivity contribution >= 4 is 23.4 Å². The van der Waals surface area contributed by atoms with Gasteiger partial charge < -0.3 is 0 Å². The van der Waals surface area contributed by atoms with E-state index < -0.39 is 0 Å². The Kier molecular flexibility index (Phi) is 6.77. The van der Waals surface area contributed by atoms with Crippen molar-refractivity contribution in [2.24, 2.45) is 5.10 Å². The van der Waals surface area contributed by atoms with E-state index in [0.717, 1.165) is 28.4 Å². The van der Waals surface area contributed by atoms with Crippen LogP contribution >= 0.6 is 11.8 Å². The molecule has 0 saturated carbocycles. The summed E-state index contributed by atoms with van der Waals surface area (Å²) in [5.74, 6) is 0.699. The smallest absolute Gasteiger partial charge is 0.250 e. The molecule has 1 heterocycles. The summed E-state index contributed by atoms with van der Waals surface area (Å²) >= 11 is 1.33. The molecule has 4 rings (SSSR count). The van der Waals surface area contributed by atoms with Gasteiger partial charge in [0.2, 0.25) is 0 Å². The van der Waals surface area contributed by atoms with Crippen LogP contribution in [0.5, 0.6) is 0 Å². The molecule has 0 aliphatic carbocycles. The number of thioether (sulfide) groups is 1. The summed E-state index contributed by atoms with van der Waals surface area (Å²) < 4.78 is 1.98. The minimum atomic E-state index is -0.204. The second kappa shape index (κ2) is 10.1. The SMILES string of the molecule is C/C(=N/NC(=O)CSc1nnc(-c2ccccc2)n1-c1ccc(C)cc1)c1ccccc1. The zero-order valence-corrected chi connectivity index (χ0v) is 18.7. The molecular weight excluding hydrogens is 418 g/mol. The second-order valence-corrected chi connectivity index (χ2v) is 8.17. The molecule has 1 aromatic heterocycles. The Hall–Kier alpha value is -3.71. The van der Waals surface area contributed by atoms with E-state index in [1.54, 1.807) is 0 Å². The first-order valence-electron chi connectivity index (χ1n) is 10.2. The number of hydrogen-bond donors (Lipinski definition) is 1. The summed E-state index contributed by atoms with van der Waals surface area (Å²) in [7, 11) is 0. The normalized spacial score (nSPS) is 11.4. The molecule has 0 atom stereocenters. The molecule has 0 bridgehead atoms. The first-order chi connectivity index (χ1) is 15.6. The maximum absolute atomic E-state index is 12.4. The Balaban J connectivity index is 1.53. The second-order valence-electron chi connectivity index (χ2n) is 7.23. The van der Waals surface area contributed by atoms with Crippen molar-refractivity contribution in [3.05, 3.63) is 96.1 Å². The van der Waals surface area contributed by atoms with E-state index in [0.29, 0.717) is 5.16 Å². The number of nitrogens with one attached hydrogen (secondary N) is 1. The van der Waals surface area contributed by atoms with Crippen molar-refractivity contribution in [1.82, 2.24) is 20.2 Å². The fourth-order valence-electron chi connectivity index (χ4n) is 3.12. The minimum Gasteiger partial charge on any atom is -0.272 e. The van der Waals surface area contributed by atoms with Crippen LogP contribution < -0.4 is 5.43 Å². The Bertz CT molecular complexity index is 1220. The minimum absolute atomic E-state index is 0.171. The molecule has 0 radical (unpaired) electrons. The number of benzene rings is 3. The van der Waals surface area contributed by atoms with Crippen molar-refractivity contribution < 1.29 is 4.79 Å². The summed E-state index contributed by atoms with van der Waals surface area (Å²) in [6, 6.07) is 27.8. The van der Waals surface area contributed by atoms with Gasteiger partial charge in [-0.25, -0.2) is 5.43 Å². The highest BCUT2D eigenvalue weighted by Crippen LogP contribution is 2.28. The molecule has 0 aliphatic heterocycles. The van der Waals surface area contributed by atoms with Gasteiger partial charge in [-0.3, -0.25) is 9.36 Å². The van der Waals surface area contributed by atoms with Gasteiger partial charge in [-0.05, 0) is 31.5 Å². The maximum Gasteiger partial charge on any atom is 0.250 e. The van der Waals surface area contributed by atoms with Gasteiger partial charge in [0.15, 0.2) is 11.0 Å². The number of amides is 1. The van der Waals surface area contributed by atoms with E-state index in [1.165, 1.54) is 17.3 Å². The molecule has 32 heavy (non-hydrogen) atoms. The molecule has 0 saturated heterocycles. The quantitative estimate of drug-likeness (QED) is 0.252. The number of aromatic nitrogens is 3. The average Bonchev–Trinajstić information content (AvgIpc) is 3.27. The summed E-state index contributed by atoms with van der Waals surface area (Å²) in [5, 5.41) is 13.6. The van der Waals surface area contributed by atoms with Gasteiger partial charge in [0.25, 0.3) is 5.91 Å². The number of hydrogen-bond acceptors (Lipinski definition) is 5. The molecule has 4 aromatic rings. The molecule has 6 nitrogen and oxygen atoms in total. The fourth-order valence-corrected chi connectivity index (χ4v) is 3.86. The van der Waals surface area contributed by atoms with Crippen molar-refractivity contribution in [3.63, 3.8) is 0 Å². The third-order valence-electron chi connectivity index (χ3n) is 4.83. The molecule has 0 spiro atoms. The van der Waals surface area contributed by atoms with Crippen LogP contribution in [0.1, 0.15) is 18.1 Å². The van der Waals surface area contributed by atoms with Gasteiger partial charge in [0.1, 0.15) is 0 Å². The van der Waals surface area contributed by atoms with Crippen molar-refractivity contribution in [3.8, 4) is 17.1 Å². The Morgan fingerprint density at radius 2 is 1.59 bits per heavy atom.